The summed E-state index contributed by atoms with van der Waals surface area (Å²) >= 11 is 0. The number of hydrogen-bond acceptors (Lipinski definition) is 3. The van der Waals surface area contributed by atoms with E-state index in [0.717, 1.165) is 12.3 Å². The molecule has 3 nitrogen and oxygen atoms in total. The first-order chi connectivity index (χ1) is 9.83. The predicted octanol–water partition coefficient (Wildman–Crippen LogP) is 3.81. The van der Waals surface area contributed by atoms with Gasteiger partial charge in [-0.05, 0) is 31.4 Å². The Balaban J connectivity index is 1.53. The molecule has 2 aromatic rings. The molecule has 1 N–H and O–H groups in total. The second-order valence-corrected chi connectivity index (χ2v) is 5.39. The molecule has 3 rings (SSSR count). The van der Waals surface area contributed by atoms with Gasteiger partial charge in [0, 0.05) is 18.2 Å². The lowest BCUT2D eigenvalue weighted by molar-refractivity contribution is 0.0414. The van der Waals surface area contributed by atoms with Crippen molar-refractivity contribution in [1.82, 2.24) is 5.32 Å². The molecule has 1 aromatic heterocycles. The van der Waals surface area contributed by atoms with Crippen LogP contribution < -0.4 is 5.32 Å². The smallest absolute Gasteiger partial charge is 0.133 e. The van der Waals surface area contributed by atoms with E-state index in [2.05, 4.69) is 24.4 Å². The monoisotopic (exact) mass is 271 g/mol. The predicted molar refractivity (Wildman–Crippen MR) is 78.2 cm³/mol. The average Bonchev–Trinajstić information content (AvgIpc) is 3.22. The zero-order valence-electron chi connectivity index (χ0n) is 11.8. The van der Waals surface area contributed by atoms with Crippen LogP contribution in [0.25, 0.3) is 0 Å². The quantitative estimate of drug-likeness (QED) is 0.831. The first kappa shape index (κ1) is 13.4. The molecule has 0 spiro atoms. The maximum absolute atomic E-state index is 5.91. The van der Waals surface area contributed by atoms with Gasteiger partial charge in [0.2, 0.25) is 0 Å². The summed E-state index contributed by atoms with van der Waals surface area (Å²) < 4.78 is 11.5. The minimum atomic E-state index is 0.0746. The van der Waals surface area contributed by atoms with Crippen LogP contribution in [0.4, 0.5) is 0 Å². The van der Waals surface area contributed by atoms with Crippen LogP contribution in [0.5, 0.6) is 0 Å². The summed E-state index contributed by atoms with van der Waals surface area (Å²) in [5.74, 6) is 0.931. The Morgan fingerprint density at radius 2 is 2.05 bits per heavy atom. The Bertz CT molecular complexity index is 531. The van der Waals surface area contributed by atoms with Crippen molar-refractivity contribution in [3.8, 4) is 0 Å². The Hall–Kier alpha value is -1.58. The minimum Gasteiger partial charge on any atom is -0.467 e. The molecular formula is C17H21NO2. The Labute approximate surface area is 119 Å². The SMILES string of the molecule is CC(OCc1occc1CNC1CC1)c1ccccc1. The third kappa shape index (κ3) is 3.50. The molecular weight excluding hydrogens is 250 g/mol. The van der Waals surface area contributed by atoms with Gasteiger partial charge in [-0.25, -0.2) is 0 Å². The average molecular weight is 271 g/mol. The van der Waals surface area contributed by atoms with Gasteiger partial charge in [-0.1, -0.05) is 30.3 Å². The lowest BCUT2D eigenvalue weighted by Gasteiger charge is -2.13. The molecule has 0 radical (unpaired) electrons. The van der Waals surface area contributed by atoms with Gasteiger partial charge < -0.3 is 14.5 Å². The first-order valence-corrected chi connectivity index (χ1v) is 7.28. The molecule has 1 atom stereocenters. The van der Waals surface area contributed by atoms with Gasteiger partial charge in [-0.2, -0.15) is 0 Å². The van der Waals surface area contributed by atoms with E-state index in [1.807, 2.05) is 24.3 Å². The molecule has 0 amide bonds. The maximum atomic E-state index is 5.91. The van der Waals surface area contributed by atoms with Gasteiger partial charge in [0.05, 0.1) is 12.4 Å². The van der Waals surface area contributed by atoms with Crippen LogP contribution in [0, 0.1) is 0 Å². The third-order valence-electron chi connectivity index (χ3n) is 3.73. The van der Waals surface area contributed by atoms with Crippen LogP contribution in [0.2, 0.25) is 0 Å². The summed E-state index contributed by atoms with van der Waals surface area (Å²) in [7, 11) is 0. The molecule has 0 aliphatic heterocycles. The van der Waals surface area contributed by atoms with Gasteiger partial charge >= 0.3 is 0 Å². The maximum Gasteiger partial charge on any atom is 0.133 e. The van der Waals surface area contributed by atoms with Crippen LogP contribution in [0.1, 0.15) is 42.8 Å². The lowest BCUT2D eigenvalue weighted by Crippen LogP contribution is -2.16. The van der Waals surface area contributed by atoms with E-state index >= 15 is 0 Å². The number of ether oxygens (including phenoxy) is 1. The topological polar surface area (TPSA) is 34.4 Å². The minimum absolute atomic E-state index is 0.0746. The summed E-state index contributed by atoms with van der Waals surface area (Å²) in [4.78, 5) is 0. The number of nitrogens with one attached hydrogen (secondary N) is 1. The van der Waals surface area contributed by atoms with Crippen LogP contribution in [0.3, 0.4) is 0 Å². The van der Waals surface area contributed by atoms with Gasteiger partial charge in [-0.15, -0.1) is 0 Å². The van der Waals surface area contributed by atoms with Crippen molar-refractivity contribution in [2.75, 3.05) is 0 Å². The highest BCUT2D eigenvalue weighted by Gasteiger charge is 2.21. The van der Waals surface area contributed by atoms with Crippen LogP contribution >= 0.6 is 0 Å². The van der Waals surface area contributed by atoms with Crippen molar-refractivity contribution in [3.63, 3.8) is 0 Å². The van der Waals surface area contributed by atoms with E-state index in [1.165, 1.54) is 24.0 Å². The molecule has 1 aliphatic rings. The molecule has 20 heavy (non-hydrogen) atoms. The fourth-order valence-corrected chi connectivity index (χ4v) is 2.21. The van der Waals surface area contributed by atoms with Gasteiger partial charge in [-0.3, -0.25) is 0 Å². The molecule has 0 saturated heterocycles. The first-order valence-electron chi connectivity index (χ1n) is 7.28. The van der Waals surface area contributed by atoms with E-state index in [1.54, 1.807) is 6.26 Å². The lowest BCUT2D eigenvalue weighted by atomic mass is 10.1. The van der Waals surface area contributed by atoms with E-state index in [4.69, 9.17) is 9.15 Å². The van der Waals surface area contributed by atoms with E-state index in [9.17, 15) is 0 Å². The number of benzene rings is 1. The Morgan fingerprint density at radius 3 is 2.80 bits per heavy atom. The van der Waals surface area contributed by atoms with Crippen LogP contribution in [-0.4, -0.2) is 6.04 Å². The van der Waals surface area contributed by atoms with Gasteiger partial charge in [0.15, 0.2) is 0 Å². The number of furan rings is 1. The summed E-state index contributed by atoms with van der Waals surface area (Å²) in [6.07, 6.45) is 4.42. The zero-order valence-corrected chi connectivity index (χ0v) is 11.8. The molecule has 1 unspecified atom stereocenters. The van der Waals surface area contributed by atoms with Crippen molar-refractivity contribution < 1.29 is 9.15 Å². The van der Waals surface area contributed by atoms with Gasteiger partial charge in [0.25, 0.3) is 0 Å². The van der Waals surface area contributed by atoms with Crippen molar-refractivity contribution >= 4 is 0 Å². The highest BCUT2D eigenvalue weighted by Crippen LogP contribution is 2.22. The normalized spacial score (nSPS) is 16.2. The van der Waals surface area contributed by atoms with E-state index in [0.29, 0.717) is 12.6 Å². The molecule has 1 fully saturated rings. The second-order valence-electron chi connectivity index (χ2n) is 5.39. The van der Waals surface area contributed by atoms with Gasteiger partial charge in [0.1, 0.15) is 12.4 Å². The van der Waals surface area contributed by atoms with Crippen molar-refractivity contribution in [2.45, 2.75) is 45.1 Å². The molecule has 1 aromatic carbocycles. The number of hydrogen-bond donors (Lipinski definition) is 1. The molecule has 1 aliphatic carbocycles. The molecule has 0 bridgehead atoms. The molecule has 3 heteroatoms. The fraction of sp³-hybridized carbons (Fsp3) is 0.412. The van der Waals surface area contributed by atoms with Crippen LogP contribution in [0.15, 0.2) is 47.1 Å². The highest BCUT2D eigenvalue weighted by molar-refractivity contribution is 5.18. The number of rotatable bonds is 7. The summed E-state index contributed by atoms with van der Waals surface area (Å²) in [5.41, 5.74) is 2.40. The van der Waals surface area contributed by atoms with Crippen LogP contribution in [-0.2, 0) is 17.9 Å². The standard InChI is InChI=1S/C17H21NO2/c1-13(14-5-3-2-4-6-14)20-12-17-15(9-10-19-17)11-18-16-7-8-16/h2-6,9-10,13,16,18H,7-8,11-12H2,1H3. The van der Waals surface area contributed by atoms with Crippen molar-refractivity contribution in [1.29, 1.82) is 0 Å². The summed E-state index contributed by atoms with van der Waals surface area (Å²) in [6, 6.07) is 13.0. The molecule has 1 saturated carbocycles. The summed E-state index contributed by atoms with van der Waals surface area (Å²) in [5, 5.41) is 3.50. The fourth-order valence-electron chi connectivity index (χ4n) is 2.21. The van der Waals surface area contributed by atoms with E-state index in [-0.39, 0.29) is 6.10 Å². The molecule has 1 heterocycles. The van der Waals surface area contributed by atoms with Crippen molar-refractivity contribution in [2.24, 2.45) is 0 Å². The summed E-state index contributed by atoms with van der Waals surface area (Å²) in [6.45, 7) is 3.46. The Morgan fingerprint density at radius 1 is 1.25 bits per heavy atom. The highest BCUT2D eigenvalue weighted by atomic mass is 16.5. The second kappa shape index (κ2) is 6.25. The zero-order chi connectivity index (χ0) is 13.8. The molecule has 106 valence electrons. The van der Waals surface area contributed by atoms with Crippen molar-refractivity contribution in [3.05, 3.63) is 59.5 Å². The third-order valence-corrected chi connectivity index (χ3v) is 3.73. The largest absolute Gasteiger partial charge is 0.467 e. The van der Waals surface area contributed by atoms with E-state index < -0.39 is 0 Å². The Kier molecular flexibility index (Phi) is 4.19.